The molecule has 0 aromatic carbocycles. The van der Waals surface area contributed by atoms with Gasteiger partial charge in [-0.3, -0.25) is 19.7 Å². The molecule has 0 spiro atoms. The monoisotopic (exact) mass is 445 g/mol. The smallest absolute Gasteiger partial charge is 0.271 e. The van der Waals surface area contributed by atoms with E-state index in [-0.39, 0.29) is 17.7 Å². The average Bonchev–Trinajstić information content (AvgIpc) is 3.39. The Morgan fingerprint density at radius 1 is 0.970 bits per heavy atom. The van der Waals surface area contributed by atoms with Crippen molar-refractivity contribution in [3.63, 3.8) is 0 Å². The first-order valence-corrected chi connectivity index (χ1v) is 11.4. The highest BCUT2D eigenvalue weighted by Crippen LogP contribution is 2.23. The summed E-state index contributed by atoms with van der Waals surface area (Å²) in [7, 11) is 0. The Bertz CT molecular complexity index is 1090. The van der Waals surface area contributed by atoms with Crippen molar-refractivity contribution in [2.75, 3.05) is 44.2 Å². The molecule has 2 fully saturated rings. The Kier molecular flexibility index (Phi) is 6.01. The van der Waals surface area contributed by atoms with Gasteiger partial charge in [0.15, 0.2) is 0 Å². The Morgan fingerprint density at radius 3 is 2.61 bits per heavy atom. The van der Waals surface area contributed by atoms with Crippen LogP contribution in [0.4, 0.5) is 5.82 Å². The van der Waals surface area contributed by atoms with E-state index in [4.69, 9.17) is 0 Å². The normalized spacial score (nSPS) is 18.9. The molecule has 2 aliphatic heterocycles. The Labute approximate surface area is 192 Å². The van der Waals surface area contributed by atoms with Gasteiger partial charge in [0.1, 0.15) is 11.5 Å². The van der Waals surface area contributed by atoms with Crippen molar-refractivity contribution < 1.29 is 9.59 Å². The molecule has 9 nitrogen and oxygen atoms in total. The van der Waals surface area contributed by atoms with Crippen LogP contribution in [0.1, 0.15) is 23.3 Å². The van der Waals surface area contributed by atoms with E-state index in [0.29, 0.717) is 37.6 Å². The molecular formula is C24H27N7O2. The molecule has 5 heterocycles. The third-order valence-electron chi connectivity index (χ3n) is 6.39. The number of piperidine rings is 1. The van der Waals surface area contributed by atoms with Gasteiger partial charge in [0.05, 0.1) is 11.6 Å². The van der Waals surface area contributed by atoms with Crippen LogP contribution < -0.4 is 4.90 Å². The van der Waals surface area contributed by atoms with Gasteiger partial charge in [0.25, 0.3) is 5.91 Å². The van der Waals surface area contributed by atoms with E-state index in [2.05, 4.69) is 25.1 Å². The number of hydrogen-bond donors (Lipinski definition) is 1. The van der Waals surface area contributed by atoms with Gasteiger partial charge in [-0.1, -0.05) is 6.07 Å². The minimum absolute atomic E-state index is 0.116. The molecule has 0 unspecified atom stereocenters. The van der Waals surface area contributed by atoms with E-state index in [9.17, 15) is 9.59 Å². The molecule has 3 aromatic heterocycles. The van der Waals surface area contributed by atoms with Crippen LogP contribution in [0.15, 0.2) is 55.0 Å². The lowest BCUT2D eigenvalue weighted by molar-refractivity contribution is -0.137. The van der Waals surface area contributed by atoms with Crippen LogP contribution in [-0.4, -0.2) is 81.0 Å². The fraction of sp³-hybridized carbons (Fsp3) is 0.375. The fourth-order valence-electron chi connectivity index (χ4n) is 4.58. The molecule has 2 saturated heterocycles. The number of piperazine rings is 1. The molecule has 1 atom stereocenters. The third kappa shape index (κ3) is 4.57. The van der Waals surface area contributed by atoms with Crippen LogP contribution in [0, 0.1) is 5.92 Å². The molecule has 2 amide bonds. The lowest BCUT2D eigenvalue weighted by Crippen LogP contribution is -2.53. The summed E-state index contributed by atoms with van der Waals surface area (Å²) in [6.45, 7) is 3.98. The second kappa shape index (κ2) is 9.40. The molecular weight excluding hydrogens is 418 g/mol. The number of anilines is 1. The first-order chi connectivity index (χ1) is 16.2. The first kappa shape index (κ1) is 21.1. The second-order valence-corrected chi connectivity index (χ2v) is 8.50. The average molecular weight is 446 g/mol. The van der Waals surface area contributed by atoms with Crippen LogP contribution in [0.2, 0.25) is 0 Å². The summed E-state index contributed by atoms with van der Waals surface area (Å²) >= 11 is 0. The number of rotatable bonds is 4. The number of pyridine rings is 2. The third-order valence-corrected chi connectivity index (χ3v) is 6.39. The number of nitrogens with one attached hydrogen (secondary N) is 1. The zero-order valence-electron chi connectivity index (χ0n) is 18.4. The molecule has 0 bridgehead atoms. The Balaban J connectivity index is 1.19. The van der Waals surface area contributed by atoms with E-state index in [1.165, 1.54) is 0 Å². The summed E-state index contributed by atoms with van der Waals surface area (Å²) in [5.41, 5.74) is 1.97. The number of likely N-dealkylation sites (tertiary alicyclic amines) is 1. The maximum Gasteiger partial charge on any atom is 0.271 e. The van der Waals surface area contributed by atoms with Gasteiger partial charge in [-0.15, -0.1) is 0 Å². The lowest BCUT2D eigenvalue weighted by atomic mass is 9.96. The fourth-order valence-corrected chi connectivity index (χ4v) is 4.58. The molecule has 0 aliphatic carbocycles. The van der Waals surface area contributed by atoms with E-state index >= 15 is 0 Å². The van der Waals surface area contributed by atoms with Crippen molar-refractivity contribution >= 4 is 17.6 Å². The lowest BCUT2D eigenvalue weighted by Gasteiger charge is -2.39. The van der Waals surface area contributed by atoms with Gasteiger partial charge < -0.3 is 14.7 Å². The molecule has 3 aromatic rings. The highest BCUT2D eigenvalue weighted by molar-refractivity contribution is 5.94. The SMILES string of the molecule is O=C(c1cc(-c2cccnc2)n[nH]1)N1CCC[C@H](C(=O)N2CCN(c3ccccn3)CC2)C1. The van der Waals surface area contributed by atoms with Crippen LogP contribution in [0.3, 0.4) is 0 Å². The van der Waals surface area contributed by atoms with Crippen molar-refractivity contribution in [2.24, 2.45) is 5.92 Å². The number of carbonyl (C=O) groups is 2. The van der Waals surface area contributed by atoms with Crippen LogP contribution in [-0.2, 0) is 4.79 Å². The van der Waals surface area contributed by atoms with E-state index < -0.39 is 0 Å². The minimum Gasteiger partial charge on any atom is -0.353 e. The van der Waals surface area contributed by atoms with Gasteiger partial charge in [-0.25, -0.2) is 4.98 Å². The largest absolute Gasteiger partial charge is 0.353 e. The van der Waals surface area contributed by atoms with Crippen LogP contribution >= 0.6 is 0 Å². The van der Waals surface area contributed by atoms with Crippen LogP contribution in [0.5, 0.6) is 0 Å². The number of H-pyrrole nitrogens is 1. The Hall–Kier alpha value is -3.75. The summed E-state index contributed by atoms with van der Waals surface area (Å²) in [6, 6.07) is 11.4. The van der Waals surface area contributed by atoms with Gasteiger partial charge in [0.2, 0.25) is 5.91 Å². The predicted molar refractivity (Wildman–Crippen MR) is 123 cm³/mol. The van der Waals surface area contributed by atoms with E-state index in [0.717, 1.165) is 37.3 Å². The highest BCUT2D eigenvalue weighted by atomic mass is 16.2. The molecule has 33 heavy (non-hydrogen) atoms. The maximum atomic E-state index is 13.2. The van der Waals surface area contributed by atoms with E-state index in [1.807, 2.05) is 35.2 Å². The van der Waals surface area contributed by atoms with Gasteiger partial charge in [-0.2, -0.15) is 5.10 Å². The molecule has 9 heteroatoms. The predicted octanol–water partition coefficient (Wildman–Crippen LogP) is 2.07. The number of aromatic amines is 1. The van der Waals surface area contributed by atoms with Crippen molar-refractivity contribution in [1.29, 1.82) is 0 Å². The summed E-state index contributed by atoms with van der Waals surface area (Å²) in [6.07, 6.45) is 6.84. The first-order valence-electron chi connectivity index (χ1n) is 11.4. The standard InChI is InChI=1S/C24H27N7O2/c32-23(30-13-11-29(12-14-30)22-7-1-2-9-26-22)19-6-4-10-31(17-19)24(33)21-15-20(27-28-21)18-5-3-8-25-16-18/h1-3,5,7-9,15-16,19H,4,6,10-14,17H2,(H,27,28)/t19-/m0/s1. The highest BCUT2D eigenvalue weighted by Gasteiger charge is 2.33. The summed E-state index contributed by atoms with van der Waals surface area (Å²) in [5.74, 6) is 0.818. The quantitative estimate of drug-likeness (QED) is 0.660. The van der Waals surface area contributed by atoms with E-state index in [1.54, 1.807) is 29.6 Å². The second-order valence-electron chi connectivity index (χ2n) is 8.50. The molecule has 1 N–H and O–H groups in total. The zero-order valence-corrected chi connectivity index (χ0v) is 18.4. The van der Waals surface area contributed by atoms with Crippen LogP contribution in [0.25, 0.3) is 11.3 Å². The molecule has 2 aliphatic rings. The molecule has 0 radical (unpaired) electrons. The van der Waals surface area contributed by atoms with Crippen molar-refractivity contribution in [3.8, 4) is 11.3 Å². The Morgan fingerprint density at radius 2 is 1.85 bits per heavy atom. The molecule has 5 rings (SSSR count). The van der Waals surface area contributed by atoms with Crippen molar-refractivity contribution in [3.05, 3.63) is 60.7 Å². The van der Waals surface area contributed by atoms with Crippen molar-refractivity contribution in [2.45, 2.75) is 12.8 Å². The summed E-state index contributed by atoms with van der Waals surface area (Å²) in [5, 5.41) is 7.12. The summed E-state index contributed by atoms with van der Waals surface area (Å²) < 4.78 is 0. The van der Waals surface area contributed by atoms with Gasteiger partial charge in [-0.05, 0) is 43.2 Å². The number of nitrogens with zero attached hydrogens (tertiary/aromatic N) is 6. The zero-order chi connectivity index (χ0) is 22.6. The maximum absolute atomic E-state index is 13.2. The topological polar surface area (TPSA) is 98.3 Å². The minimum atomic E-state index is -0.162. The number of aromatic nitrogens is 4. The number of amides is 2. The van der Waals surface area contributed by atoms with Gasteiger partial charge >= 0.3 is 0 Å². The molecule has 170 valence electrons. The summed E-state index contributed by atoms with van der Waals surface area (Å²) in [4.78, 5) is 40.7. The number of carbonyl (C=O) groups excluding carboxylic acids is 2. The van der Waals surface area contributed by atoms with Crippen molar-refractivity contribution in [1.82, 2.24) is 30.0 Å². The molecule has 0 saturated carbocycles. The number of hydrogen-bond acceptors (Lipinski definition) is 6. The van der Waals surface area contributed by atoms with Gasteiger partial charge in [0, 0.05) is 63.4 Å².